The molecule has 10 heteroatoms. The smallest absolute Gasteiger partial charge is 0.255 e. The fourth-order valence-corrected chi connectivity index (χ4v) is 7.49. The second-order valence-corrected chi connectivity index (χ2v) is 12.4. The van der Waals surface area contributed by atoms with Crippen LogP contribution in [-0.2, 0) is 26.5 Å². The van der Waals surface area contributed by atoms with Crippen LogP contribution in [0.1, 0.15) is 48.5 Å². The highest BCUT2D eigenvalue weighted by molar-refractivity contribution is 7.92. The topological polar surface area (TPSA) is 104 Å². The first kappa shape index (κ1) is 23.7. The number of amides is 1. The molecule has 4 rings (SSSR count). The van der Waals surface area contributed by atoms with E-state index in [1.165, 1.54) is 32.9 Å². The Morgan fingerprint density at radius 2 is 1.64 bits per heavy atom. The van der Waals surface area contributed by atoms with E-state index in [1.807, 2.05) is 13.0 Å². The predicted octanol–water partition coefficient (Wildman–Crippen LogP) is 3.22. The maximum absolute atomic E-state index is 12.7. The average molecular weight is 492 g/mol. The Morgan fingerprint density at radius 1 is 0.939 bits per heavy atom. The Morgan fingerprint density at radius 3 is 2.30 bits per heavy atom. The highest BCUT2D eigenvalue weighted by Crippen LogP contribution is 2.32. The summed E-state index contributed by atoms with van der Waals surface area (Å²) in [6.45, 7) is 3.36. The second kappa shape index (κ2) is 9.44. The standard InChI is InChI=1S/C23H29N3O5S2/c1-2-16-32(28,29)26-15-5-6-19-17-20(9-12-22(19)26)24-23(27)18-7-10-21(11-8-18)33(30,31)25-13-3-4-14-25/h7-12,17H,2-6,13-16H2,1H3,(H,24,27). The van der Waals surface area contributed by atoms with Gasteiger partial charge in [-0.3, -0.25) is 9.10 Å². The Balaban J connectivity index is 1.49. The number of aryl methyl sites for hydroxylation is 1. The minimum absolute atomic E-state index is 0.106. The van der Waals surface area contributed by atoms with Crippen LogP contribution in [0.5, 0.6) is 0 Å². The van der Waals surface area contributed by atoms with Gasteiger partial charge in [-0.15, -0.1) is 0 Å². The van der Waals surface area contributed by atoms with E-state index in [-0.39, 0.29) is 16.6 Å². The molecule has 1 amide bonds. The van der Waals surface area contributed by atoms with Gasteiger partial charge in [0.15, 0.2) is 0 Å². The van der Waals surface area contributed by atoms with Crippen molar-refractivity contribution in [3.8, 4) is 0 Å². The van der Waals surface area contributed by atoms with E-state index in [2.05, 4.69) is 5.32 Å². The highest BCUT2D eigenvalue weighted by Gasteiger charge is 2.28. The third-order valence-corrected chi connectivity index (χ3v) is 9.92. The summed E-state index contributed by atoms with van der Waals surface area (Å²) < 4.78 is 53.4. The van der Waals surface area contributed by atoms with Gasteiger partial charge in [-0.2, -0.15) is 4.31 Å². The molecular weight excluding hydrogens is 462 g/mol. The van der Waals surface area contributed by atoms with Gasteiger partial charge in [0, 0.05) is 30.9 Å². The van der Waals surface area contributed by atoms with Gasteiger partial charge in [0.2, 0.25) is 20.0 Å². The van der Waals surface area contributed by atoms with Crippen molar-refractivity contribution in [3.05, 3.63) is 53.6 Å². The maximum atomic E-state index is 12.7. The SMILES string of the molecule is CCCS(=O)(=O)N1CCCc2cc(NC(=O)c3ccc(S(=O)(=O)N4CCCC4)cc3)ccc21. The lowest BCUT2D eigenvalue weighted by molar-refractivity contribution is 0.102. The summed E-state index contributed by atoms with van der Waals surface area (Å²) in [4.78, 5) is 12.9. The van der Waals surface area contributed by atoms with Crippen LogP contribution < -0.4 is 9.62 Å². The molecule has 1 saturated heterocycles. The van der Waals surface area contributed by atoms with Gasteiger partial charge in [0.1, 0.15) is 0 Å². The second-order valence-electron chi connectivity index (χ2n) is 8.42. The monoisotopic (exact) mass is 491 g/mol. The van der Waals surface area contributed by atoms with Crippen LogP contribution in [0.15, 0.2) is 47.4 Å². The molecule has 0 spiro atoms. The van der Waals surface area contributed by atoms with Gasteiger partial charge < -0.3 is 5.32 Å². The minimum Gasteiger partial charge on any atom is -0.322 e. The molecular formula is C23H29N3O5S2. The number of rotatable bonds is 7. The molecule has 1 N–H and O–H groups in total. The van der Waals surface area contributed by atoms with Crippen LogP contribution in [0, 0.1) is 0 Å². The quantitative estimate of drug-likeness (QED) is 0.641. The number of hydrogen-bond acceptors (Lipinski definition) is 5. The van der Waals surface area contributed by atoms with E-state index in [1.54, 1.807) is 12.1 Å². The fourth-order valence-electron chi connectivity index (χ4n) is 4.36. The number of nitrogens with zero attached hydrogens (tertiary/aromatic N) is 2. The summed E-state index contributed by atoms with van der Waals surface area (Å²) >= 11 is 0. The Labute approximate surface area is 195 Å². The maximum Gasteiger partial charge on any atom is 0.255 e. The van der Waals surface area contributed by atoms with Crippen molar-refractivity contribution >= 4 is 37.3 Å². The first-order valence-corrected chi connectivity index (χ1v) is 14.3. The summed E-state index contributed by atoms with van der Waals surface area (Å²) in [6, 6.07) is 11.2. The number of anilines is 2. The Hall–Kier alpha value is -2.43. The zero-order valence-electron chi connectivity index (χ0n) is 18.7. The Kier molecular flexibility index (Phi) is 6.78. The van der Waals surface area contributed by atoms with Crippen molar-refractivity contribution in [2.75, 3.05) is 35.0 Å². The summed E-state index contributed by atoms with van der Waals surface area (Å²) in [5, 5.41) is 2.83. The van der Waals surface area contributed by atoms with Gasteiger partial charge >= 0.3 is 0 Å². The predicted molar refractivity (Wildman–Crippen MR) is 129 cm³/mol. The van der Waals surface area contributed by atoms with E-state index < -0.39 is 20.0 Å². The van der Waals surface area contributed by atoms with Crippen molar-refractivity contribution < 1.29 is 21.6 Å². The van der Waals surface area contributed by atoms with Crippen LogP contribution >= 0.6 is 0 Å². The molecule has 0 radical (unpaired) electrons. The lowest BCUT2D eigenvalue weighted by atomic mass is 10.0. The van der Waals surface area contributed by atoms with Gasteiger partial charge in [-0.1, -0.05) is 6.92 Å². The number of sulfonamides is 2. The number of carbonyl (C=O) groups is 1. The van der Waals surface area contributed by atoms with Crippen molar-refractivity contribution in [2.45, 2.75) is 43.9 Å². The van der Waals surface area contributed by atoms with Crippen LogP contribution in [-0.4, -0.2) is 52.4 Å². The third-order valence-electron chi connectivity index (χ3n) is 6.03. The highest BCUT2D eigenvalue weighted by atomic mass is 32.2. The van der Waals surface area contributed by atoms with E-state index in [0.29, 0.717) is 43.0 Å². The Bertz CT molecular complexity index is 1240. The molecule has 2 aliphatic rings. The van der Waals surface area contributed by atoms with Crippen LogP contribution in [0.2, 0.25) is 0 Å². The fraction of sp³-hybridized carbons (Fsp3) is 0.435. The molecule has 8 nitrogen and oxygen atoms in total. The molecule has 0 saturated carbocycles. The third kappa shape index (κ3) is 4.92. The van der Waals surface area contributed by atoms with Crippen molar-refractivity contribution in [2.24, 2.45) is 0 Å². The van der Waals surface area contributed by atoms with Crippen LogP contribution in [0.4, 0.5) is 11.4 Å². The molecule has 0 aliphatic carbocycles. The summed E-state index contributed by atoms with van der Waals surface area (Å²) in [7, 11) is -6.88. The molecule has 0 atom stereocenters. The first-order valence-electron chi connectivity index (χ1n) is 11.3. The number of fused-ring (bicyclic) bond motifs is 1. The van der Waals surface area contributed by atoms with E-state index in [0.717, 1.165) is 31.2 Å². The van der Waals surface area contributed by atoms with Crippen LogP contribution in [0.25, 0.3) is 0 Å². The number of hydrogen-bond donors (Lipinski definition) is 1. The molecule has 0 aromatic heterocycles. The molecule has 2 heterocycles. The van der Waals surface area contributed by atoms with Gasteiger partial charge in [-0.25, -0.2) is 16.8 Å². The van der Waals surface area contributed by atoms with Crippen molar-refractivity contribution in [1.29, 1.82) is 0 Å². The van der Waals surface area contributed by atoms with Gasteiger partial charge in [-0.05, 0) is 80.1 Å². The molecule has 0 bridgehead atoms. The molecule has 178 valence electrons. The summed E-state index contributed by atoms with van der Waals surface area (Å²) in [5.41, 5.74) is 2.47. The minimum atomic E-state index is -3.52. The van der Waals surface area contributed by atoms with Gasteiger partial charge in [0.25, 0.3) is 5.91 Å². The summed E-state index contributed by atoms with van der Waals surface area (Å²) in [6.07, 6.45) is 3.74. The van der Waals surface area contributed by atoms with E-state index >= 15 is 0 Å². The van der Waals surface area contributed by atoms with Crippen molar-refractivity contribution in [3.63, 3.8) is 0 Å². The van der Waals surface area contributed by atoms with E-state index in [4.69, 9.17) is 0 Å². The molecule has 1 fully saturated rings. The molecule has 2 aliphatic heterocycles. The average Bonchev–Trinajstić information content (AvgIpc) is 3.34. The largest absolute Gasteiger partial charge is 0.322 e. The number of nitrogens with one attached hydrogen (secondary N) is 1. The van der Waals surface area contributed by atoms with Gasteiger partial charge in [0.05, 0.1) is 16.3 Å². The molecule has 0 unspecified atom stereocenters. The molecule has 33 heavy (non-hydrogen) atoms. The van der Waals surface area contributed by atoms with E-state index in [9.17, 15) is 21.6 Å². The first-order chi connectivity index (χ1) is 15.7. The number of carbonyl (C=O) groups excluding carboxylic acids is 1. The number of benzene rings is 2. The summed E-state index contributed by atoms with van der Waals surface area (Å²) in [5.74, 6) is -0.250. The molecule has 2 aromatic rings. The molecule has 2 aromatic carbocycles. The van der Waals surface area contributed by atoms with Crippen molar-refractivity contribution in [1.82, 2.24) is 4.31 Å². The lowest BCUT2D eigenvalue weighted by Gasteiger charge is -2.30. The normalized spacial score (nSPS) is 17.1. The van der Waals surface area contributed by atoms with Crippen LogP contribution in [0.3, 0.4) is 0 Å². The lowest BCUT2D eigenvalue weighted by Crippen LogP contribution is -2.37. The zero-order chi connectivity index (χ0) is 23.6. The zero-order valence-corrected chi connectivity index (χ0v) is 20.3.